The van der Waals surface area contributed by atoms with Gasteiger partial charge in [0.05, 0.1) is 13.2 Å². The number of hydrogen-bond donors (Lipinski definition) is 1. The molecule has 122 valence electrons. The van der Waals surface area contributed by atoms with Crippen LogP contribution in [0.1, 0.15) is 24.2 Å². The molecule has 1 N–H and O–H groups in total. The van der Waals surface area contributed by atoms with E-state index in [1.807, 2.05) is 19.9 Å². The molecule has 0 bridgehead atoms. The van der Waals surface area contributed by atoms with Crippen LogP contribution in [0.2, 0.25) is 0 Å². The maximum Gasteiger partial charge on any atom is 0.223 e. The maximum absolute atomic E-state index is 5.59. The number of nitrogens with one attached hydrogen (secondary N) is 1. The summed E-state index contributed by atoms with van der Waals surface area (Å²) < 4.78 is 11.1. The van der Waals surface area contributed by atoms with Crippen LogP contribution in [0.5, 0.6) is 0 Å². The van der Waals surface area contributed by atoms with Gasteiger partial charge in [0, 0.05) is 49.8 Å². The molecule has 1 aromatic rings. The van der Waals surface area contributed by atoms with Crippen LogP contribution in [0.25, 0.3) is 0 Å². The fourth-order valence-corrected chi connectivity index (χ4v) is 3.44. The van der Waals surface area contributed by atoms with Gasteiger partial charge in [-0.25, -0.2) is 9.97 Å². The summed E-state index contributed by atoms with van der Waals surface area (Å²) in [4.78, 5) is 11.6. The summed E-state index contributed by atoms with van der Waals surface area (Å²) in [7, 11) is 0. The fourth-order valence-electron chi connectivity index (χ4n) is 3.44. The highest BCUT2D eigenvalue weighted by Gasteiger charge is 2.39. The molecular formula is C16H26N4O2. The zero-order chi connectivity index (χ0) is 15.4. The molecular weight excluding hydrogens is 280 g/mol. The third kappa shape index (κ3) is 3.56. The van der Waals surface area contributed by atoms with E-state index < -0.39 is 0 Å². The monoisotopic (exact) mass is 306 g/mol. The van der Waals surface area contributed by atoms with Crippen molar-refractivity contribution >= 4 is 5.95 Å². The number of nitrogens with zero attached hydrogens (tertiary/aromatic N) is 3. The van der Waals surface area contributed by atoms with E-state index in [2.05, 4.69) is 20.2 Å². The molecule has 2 aliphatic rings. The first-order valence-corrected chi connectivity index (χ1v) is 8.15. The number of hydrogen-bond acceptors (Lipinski definition) is 6. The molecule has 0 aromatic carbocycles. The summed E-state index contributed by atoms with van der Waals surface area (Å²) in [5, 5.41) is 3.47. The van der Waals surface area contributed by atoms with E-state index in [-0.39, 0.29) is 5.54 Å². The van der Waals surface area contributed by atoms with Gasteiger partial charge < -0.3 is 14.8 Å². The van der Waals surface area contributed by atoms with E-state index in [0.29, 0.717) is 0 Å². The second-order valence-corrected chi connectivity index (χ2v) is 6.26. The van der Waals surface area contributed by atoms with Crippen molar-refractivity contribution in [3.63, 3.8) is 0 Å². The maximum atomic E-state index is 5.59. The predicted molar refractivity (Wildman–Crippen MR) is 85.2 cm³/mol. The first-order chi connectivity index (χ1) is 10.7. The number of morpholine rings is 1. The molecule has 3 heterocycles. The molecule has 6 nitrogen and oxygen atoms in total. The molecule has 0 amide bonds. The van der Waals surface area contributed by atoms with Crippen molar-refractivity contribution < 1.29 is 9.47 Å². The first-order valence-electron chi connectivity index (χ1n) is 8.15. The molecule has 22 heavy (non-hydrogen) atoms. The van der Waals surface area contributed by atoms with Crippen molar-refractivity contribution in [2.45, 2.75) is 32.2 Å². The quantitative estimate of drug-likeness (QED) is 0.907. The second-order valence-electron chi connectivity index (χ2n) is 6.26. The molecule has 6 heteroatoms. The average Bonchev–Trinajstić information content (AvgIpc) is 2.54. The van der Waals surface area contributed by atoms with Gasteiger partial charge in [0.1, 0.15) is 0 Å². The predicted octanol–water partition coefficient (Wildman–Crippen LogP) is 1.39. The van der Waals surface area contributed by atoms with Gasteiger partial charge in [-0.1, -0.05) is 0 Å². The Labute approximate surface area is 132 Å². The second kappa shape index (κ2) is 6.89. The Bertz CT molecular complexity index is 477. The highest BCUT2D eigenvalue weighted by molar-refractivity contribution is 5.28. The summed E-state index contributed by atoms with van der Waals surface area (Å²) in [6, 6.07) is 2.00. The lowest BCUT2D eigenvalue weighted by Crippen LogP contribution is -2.59. The van der Waals surface area contributed by atoms with Gasteiger partial charge in [0.25, 0.3) is 0 Å². The molecule has 0 atom stereocenters. The van der Waals surface area contributed by atoms with Crippen molar-refractivity contribution in [3.8, 4) is 0 Å². The van der Waals surface area contributed by atoms with Crippen LogP contribution in [-0.4, -0.2) is 66.5 Å². The molecule has 2 fully saturated rings. The summed E-state index contributed by atoms with van der Waals surface area (Å²) >= 11 is 0. The summed E-state index contributed by atoms with van der Waals surface area (Å²) in [6.07, 6.45) is 2.09. The van der Waals surface area contributed by atoms with Gasteiger partial charge in [-0.05, 0) is 32.8 Å². The smallest absolute Gasteiger partial charge is 0.223 e. The van der Waals surface area contributed by atoms with Crippen LogP contribution >= 0.6 is 0 Å². The number of ether oxygens (including phenoxy) is 2. The minimum absolute atomic E-state index is 0.128. The Balaban J connectivity index is 1.72. The highest BCUT2D eigenvalue weighted by Crippen LogP contribution is 2.29. The van der Waals surface area contributed by atoms with Crippen LogP contribution in [0.15, 0.2) is 6.07 Å². The van der Waals surface area contributed by atoms with Gasteiger partial charge in [-0.2, -0.15) is 0 Å². The van der Waals surface area contributed by atoms with Gasteiger partial charge in [-0.3, -0.25) is 4.90 Å². The minimum Gasteiger partial charge on any atom is -0.381 e. The molecule has 0 spiro atoms. The van der Waals surface area contributed by atoms with Crippen LogP contribution in [0.3, 0.4) is 0 Å². The third-order valence-corrected chi connectivity index (χ3v) is 4.66. The third-order valence-electron chi connectivity index (χ3n) is 4.66. The van der Waals surface area contributed by atoms with Gasteiger partial charge in [-0.15, -0.1) is 0 Å². The van der Waals surface area contributed by atoms with Crippen LogP contribution < -0.4 is 5.32 Å². The van der Waals surface area contributed by atoms with E-state index >= 15 is 0 Å². The molecule has 0 unspecified atom stereocenters. The number of rotatable bonds is 4. The number of aryl methyl sites for hydroxylation is 2. The van der Waals surface area contributed by atoms with Crippen LogP contribution in [0.4, 0.5) is 5.95 Å². The van der Waals surface area contributed by atoms with E-state index in [9.17, 15) is 0 Å². The molecule has 0 radical (unpaired) electrons. The summed E-state index contributed by atoms with van der Waals surface area (Å²) in [5.41, 5.74) is 2.13. The lowest BCUT2D eigenvalue weighted by atomic mass is 9.87. The Morgan fingerprint density at radius 3 is 2.27 bits per heavy atom. The lowest BCUT2D eigenvalue weighted by molar-refractivity contribution is -0.0653. The topological polar surface area (TPSA) is 59.5 Å². The molecule has 0 aliphatic carbocycles. The zero-order valence-electron chi connectivity index (χ0n) is 13.6. The van der Waals surface area contributed by atoms with E-state index in [1.165, 1.54) is 0 Å². The van der Waals surface area contributed by atoms with Crippen molar-refractivity contribution in [1.29, 1.82) is 0 Å². The average molecular weight is 306 g/mol. The normalized spacial score (nSPS) is 22.5. The van der Waals surface area contributed by atoms with Crippen molar-refractivity contribution in [1.82, 2.24) is 14.9 Å². The first kappa shape index (κ1) is 15.6. The molecule has 2 saturated heterocycles. The summed E-state index contributed by atoms with van der Waals surface area (Å²) in [6.45, 7) is 10.2. The van der Waals surface area contributed by atoms with E-state index in [4.69, 9.17) is 9.47 Å². The Hall–Kier alpha value is -1.24. The zero-order valence-corrected chi connectivity index (χ0v) is 13.6. The SMILES string of the molecule is Cc1cc(C)nc(NCC2(N3CCOCC3)CCOCC2)n1. The van der Waals surface area contributed by atoms with Crippen molar-refractivity contribution in [2.24, 2.45) is 0 Å². The van der Waals surface area contributed by atoms with Gasteiger partial charge in [0.15, 0.2) is 0 Å². The van der Waals surface area contributed by atoms with Crippen molar-refractivity contribution in [2.75, 3.05) is 51.4 Å². The molecule has 1 aromatic heterocycles. The highest BCUT2D eigenvalue weighted by atomic mass is 16.5. The number of anilines is 1. The largest absolute Gasteiger partial charge is 0.381 e. The van der Waals surface area contributed by atoms with Gasteiger partial charge in [0.2, 0.25) is 5.95 Å². The van der Waals surface area contributed by atoms with Crippen LogP contribution in [-0.2, 0) is 9.47 Å². The summed E-state index contributed by atoms with van der Waals surface area (Å²) in [5.74, 6) is 0.733. The van der Waals surface area contributed by atoms with E-state index in [1.54, 1.807) is 0 Å². The minimum atomic E-state index is 0.128. The standard InChI is InChI=1S/C16H26N4O2/c1-13-11-14(2)19-15(18-13)17-12-16(3-7-21-8-4-16)20-5-9-22-10-6-20/h11H,3-10,12H2,1-2H3,(H,17,18,19). The Kier molecular flexibility index (Phi) is 4.90. The Morgan fingerprint density at radius 2 is 1.64 bits per heavy atom. The van der Waals surface area contributed by atoms with E-state index in [0.717, 1.165) is 76.2 Å². The lowest BCUT2D eigenvalue weighted by Gasteiger charge is -2.47. The Morgan fingerprint density at radius 1 is 1.05 bits per heavy atom. The van der Waals surface area contributed by atoms with Crippen LogP contribution in [0, 0.1) is 13.8 Å². The molecule has 0 saturated carbocycles. The van der Waals surface area contributed by atoms with Crippen molar-refractivity contribution in [3.05, 3.63) is 17.5 Å². The van der Waals surface area contributed by atoms with Gasteiger partial charge >= 0.3 is 0 Å². The fraction of sp³-hybridized carbons (Fsp3) is 0.750. The molecule has 2 aliphatic heterocycles. The molecule has 3 rings (SSSR count). The number of aromatic nitrogens is 2.